The lowest BCUT2D eigenvalue weighted by Crippen LogP contribution is -2.29. The Morgan fingerprint density at radius 3 is 2.30 bits per heavy atom. The molecule has 0 spiro atoms. The van der Waals surface area contributed by atoms with Crippen molar-refractivity contribution in [1.82, 2.24) is 10.1 Å². The van der Waals surface area contributed by atoms with Crippen molar-refractivity contribution >= 4 is 27.8 Å². The molecule has 0 saturated carbocycles. The van der Waals surface area contributed by atoms with Gasteiger partial charge >= 0.3 is 0 Å². The first-order valence-corrected chi connectivity index (χ1v) is 9.92. The van der Waals surface area contributed by atoms with Gasteiger partial charge in [-0.3, -0.25) is 4.79 Å². The number of rotatable bonds is 8. The molecular formula is C19H24N4O3S. The fraction of sp³-hybridized carbons (Fsp3) is 0.263. The van der Waals surface area contributed by atoms with Gasteiger partial charge in [0.2, 0.25) is 15.9 Å². The Labute approximate surface area is 160 Å². The fourth-order valence-electron chi connectivity index (χ4n) is 2.19. The van der Waals surface area contributed by atoms with Crippen molar-refractivity contribution in [2.45, 2.75) is 18.2 Å². The van der Waals surface area contributed by atoms with Gasteiger partial charge in [0.1, 0.15) is 0 Å². The van der Waals surface area contributed by atoms with Crippen LogP contribution < -0.4 is 15.0 Å². The third kappa shape index (κ3) is 6.50. The normalized spacial score (nSPS) is 11.5. The van der Waals surface area contributed by atoms with Crippen LogP contribution in [0.2, 0.25) is 0 Å². The number of anilines is 1. The Morgan fingerprint density at radius 1 is 1.07 bits per heavy atom. The highest BCUT2D eigenvalue weighted by atomic mass is 32.2. The molecule has 1 amide bonds. The van der Waals surface area contributed by atoms with Crippen molar-refractivity contribution in [1.29, 1.82) is 0 Å². The molecule has 0 fully saturated rings. The van der Waals surface area contributed by atoms with Gasteiger partial charge in [-0.05, 0) is 36.8 Å². The summed E-state index contributed by atoms with van der Waals surface area (Å²) in [5.41, 5.74) is 5.28. The van der Waals surface area contributed by atoms with Gasteiger partial charge in [0.05, 0.1) is 11.1 Å². The number of aryl methyl sites for hydroxylation is 1. The van der Waals surface area contributed by atoms with Gasteiger partial charge in [0.25, 0.3) is 0 Å². The second-order valence-electron chi connectivity index (χ2n) is 6.24. The number of carbonyl (C=O) groups excluding carboxylic acids is 1. The second-order valence-corrected chi connectivity index (χ2v) is 8.01. The average Bonchev–Trinajstić information content (AvgIpc) is 2.62. The molecule has 2 aromatic rings. The number of sulfonamides is 1. The summed E-state index contributed by atoms with van der Waals surface area (Å²) in [5.74, 6) is -0.372. The predicted octanol–water partition coefficient (Wildman–Crippen LogP) is 1.88. The molecule has 0 unspecified atom stereocenters. The molecule has 0 bridgehead atoms. The minimum Gasteiger partial charge on any atom is -0.378 e. The largest absolute Gasteiger partial charge is 0.378 e. The van der Waals surface area contributed by atoms with E-state index in [1.807, 2.05) is 50.2 Å². The minimum atomic E-state index is -3.62. The van der Waals surface area contributed by atoms with Crippen LogP contribution in [-0.2, 0) is 14.8 Å². The number of nitrogens with one attached hydrogen (secondary N) is 2. The molecule has 0 saturated heterocycles. The van der Waals surface area contributed by atoms with Crippen LogP contribution in [0.1, 0.15) is 17.5 Å². The molecule has 2 aromatic carbocycles. The molecular weight excluding hydrogens is 364 g/mol. The van der Waals surface area contributed by atoms with Crippen LogP contribution in [0.4, 0.5) is 5.69 Å². The smallest absolute Gasteiger partial charge is 0.241 e. The van der Waals surface area contributed by atoms with E-state index in [0.29, 0.717) is 0 Å². The lowest BCUT2D eigenvalue weighted by Gasteiger charge is -2.11. The highest BCUT2D eigenvalue weighted by molar-refractivity contribution is 7.89. The Bertz CT molecular complexity index is 890. The van der Waals surface area contributed by atoms with Crippen LogP contribution in [0.3, 0.4) is 0 Å². The number of amides is 1. The third-order valence-corrected chi connectivity index (χ3v) is 5.26. The molecule has 0 radical (unpaired) electrons. The number of hydrogen-bond donors (Lipinski definition) is 2. The first kappa shape index (κ1) is 20.6. The molecule has 144 valence electrons. The predicted molar refractivity (Wildman–Crippen MR) is 107 cm³/mol. The van der Waals surface area contributed by atoms with E-state index < -0.39 is 10.0 Å². The van der Waals surface area contributed by atoms with E-state index in [2.05, 4.69) is 15.2 Å². The molecule has 0 heterocycles. The second kappa shape index (κ2) is 9.29. The average molecular weight is 388 g/mol. The summed E-state index contributed by atoms with van der Waals surface area (Å²) in [4.78, 5) is 13.9. The number of hydrogen-bond acceptors (Lipinski definition) is 5. The van der Waals surface area contributed by atoms with Gasteiger partial charge in [-0.25, -0.2) is 18.6 Å². The summed E-state index contributed by atoms with van der Waals surface area (Å²) < 4.78 is 26.7. The summed E-state index contributed by atoms with van der Waals surface area (Å²) in [6.07, 6.45) is 1.52. The Kier molecular flexibility index (Phi) is 7.09. The van der Waals surface area contributed by atoms with Gasteiger partial charge in [-0.2, -0.15) is 5.10 Å². The van der Waals surface area contributed by atoms with Crippen molar-refractivity contribution in [3.05, 3.63) is 59.7 Å². The standard InChI is InChI=1S/C19H24N4O3S/c1-15-4-10-18(11-5-15)27(25,26)21-13-12-19(24)22-20-14-16-6-8-17(9-7-16)23(2)3/h4-11,14,21H,12-13H2,1-3H3,(H,22,24). The molecule has 0 atom stereocenters. The quantitative estimate of drug-likeness (QED) is 0.534. The third-order valence-electron chi connectivity index (χ3n) is 3.79. The molecule has 0 aliphatic rings. The minimum absolute atomic E-state index is 0.00487. The van der Waals surface area contributed by atoms with Gasteiger partial charge in [-0.15, -0.1) is 0 Å². The Morgan fingerprint density at radius 2 is 1.70 bits per heavy atom. The van der Waals surface area contributed by atoms with E-state index in [9.17, 15) is 13.2 Å². The SMILES string of the molecule is Cc1ccc(S(=O)(=O)NCCC(=O)NN=Cc2ccc(N(C)C)cc2)cc1. The van der Waals surface area contributed by atoms with Gasteiger partial charge in [0.15, 0.2) is 0 Å². The molecule has 0 aliphatic carbocycles. The van der Waals surface area contributed by atoms with Crippen LogP contribution in [0.25, 0.3) is 0 Å². The summed E-state index contributed by atoms with van der Waals surface area (Å²) in [5, 5.41) is 3.88. The maximum Gasteiger partial charge on any atom is 0.241 e. The zero-order valence-electron chi connectivity index (χ0n) is 15.6. The molecule has 0 aliphatic heterocycles. The summed E-state index contributed by atoms with van der Waals surface area (Å²) >= 11 is 0. The topological polar surface area (TPSA) is 90.9 Å². The van der Waals surface area contributed by atoms with Crippen molar-refractivity contribution < 1.29 is 13.2 Å². The monoisotopic (exact) mass is 388 g/mol. The first-order chi connectivity index (χ1) is 12.8. The highest BCUT2D eigenvalue weighted by Gasteiger charge is 2.13. The molecule has 0 aromatic heterocycles. The van der Waals surface area contributed by atoms with E-state index >= 15 is 0 Å². The highest BCUT2D eigenvalue weighted by Crippen LogP contribution is 2.11. The van der Waals surface area contributed by atoms with Crippen molar-refractivity contribution in [3.8, 4) is 0 Å². The van der Waals surface area contributed by atoms with E-state index in [4.69, 9.17) is 0 Å². The van der Waals surface area contributed by atoms with Crippen LogP contribution in [0.5, 0.6) is 0 Å². The first-order valence-electron chi connectivity index (χ1n) is 8.43. The van der Waals surface area contributed by atoms with Gasteiger partial charge in [0, 0.05) is 32.7 Å². The molecule has 8 heteroatoms. The number of benzene rings is 2. The van der Waals surface area contributed by atoms with Crippen LogP contribution in [0, 0.1) is 6.92 Å². The van der Waals surface area contributed by atoms with E-state index in [-0.39, 0.29) is 23.8 Å². The van der Waals surface area contributed by atoms with Crippen LogP contribution >= 0.6 is 0 Å². The van der Waals surface area contributed by atoms with Crippen LogP contribution in [-0.4, -0.2) is 41.2 Å². The molecule has 27 heavy (non-hydrogen) atoms. The fourth-order valence-corrected chi connectivity index (χ4v) is 3.22. The van der Waals surface area contributed by atoms with E-state index in [0.717, 1.165) is 16.8 Å². The zero-order chi connectivity index (χ0) is 19.9. The van der Waals surface area contributed by atoms with Crippen molar-refractivity contribution in [2.24, 2.45) is 5.10 Å². The Hall–Kier alpha value is -2.71. The summed E-state index contributed by atoms with van der Waals surface area (Å²) in [7, 11) is 0.290. The maximum atomic E-state index is 12.1. The van der Waals surface area contributed by atoms with Crippen molar-refractivity contribution in [3.63, 3.8) is 0 Å². The summed E-state index contributed by atoms with van der Waals surface area (Å²) in [6.45, 7) is 1.88. The number of hydrazone groups is 1. The molecule has 2 N–H and O–H groups in total. The lowest BCUT2D eigenvalue weighted by atomic mass is 10.2. The Balaban J connectivity index is 1.78. The number of nitrogens with zero attached hydrogens (tertiary/aromatic N) is 2. The van der Waals surface area contributed by atoms with Gasteiger partial charge in [-0.1, -0.05) is 29.8 Å². The summed E-state index contributed by atoms with van der Waals surface area (Å²) in [6, 6.07) is 14.2. The maximum absolute atomic E-state index is 12.1. The molecule has 7 nitrogen and oxygen atoms in total. The lowest BCUT2D eigenvalue weighted by molar-refractivity contribution is -0.120. The van der Waals surface area contributed by atoms with E-state index in [1.165, 1.54) is 18.3 Å². The number of carbonyl (C=O) groups is 1. The van der Waals surface area contributed by atoms with Gasteiger partial charge < -0.3 is 4.90 Å². The van der Waals surface area contributed by atoms with Crippen LogP contribution in [0.15, 0.2) is 58.5 Å². The molecule has 2 rings (SSSR count). The van der Waals surface area contributed by atoms with Crippen molar-refractivity contribution in [2.75, 3.05) is 25.5 Å². The zero-order valence-corrected chi connectivity index (χ0v) is 16.5. The van der Waals surface area contributed by atoms with E-state index in [1.54, 1.807) is 12.1 Å².